The highest BCUT2D eigenvalue weighted by Gasteiger charge is 2.45. The molecule has 2 aromatic rings. The van der Waals surface area contributed by atoms with Gasteiger partial charge in [-0.25, -0.2) is 0 Å². The van der Waals surface area contributed by atoms with Crippen molar-refractivity contribution in [1.82, 2.24) is 20.0 Å². The topological polar surface area (TPSA) is 76.5 Å². The Bertz CT molecular complexity index is 867. The van der Waals surface area contributed by atoms with Crippen LogP contribution in [0, 0.1) is 5.92 Å². The van der Waals surface area contributed by atoms with E-state index < -0.39 is 0 Å². The molecule has 0 bridgehead atoms. The van der Waals surface area contributed by atoms with Crippen LogP contribution in [0.2, 0.25) is 0 Å². The van der Waals surface area contributed by atoms with Gasteiger partial charge in [-0.2, -0.15) is 5.10 Å². The summed E-state index contributed by atoms with van der Waals surface area (Å²) in [4.78, 5) is 27.4. The number of likely N-dealkylation sites (tertiary alicyclic amines) is 1. The Balaban J connectivity index is 1.74. The molecule has 7 heteroatoms. The van der Waals surface area contributed by atoms with Crippen molar-refractivity contribution < 1.29 is 14.3 Å². The average Bonchev–Trinajstić information content (AvgIpc) is 3.23. The fourth-order valence-electron chi connectivity index (χ4n) is 4.03. The lowest BCUT2D eigenvalue weighted by molar-refractivity contribution is -0.133. The number of rotatable bonds is 6. The van der Waals surface area contributed by atoms with Crippen molar-refractivity contribution >= 4 is 11.8 Å². The van der Waals surface area contributed by atoms with Crippen molar-refractivity contribution in [3.63, 3.8) is 0 Å². The van der Waals surface area contributed by atoms with Crippen LogP contribution in [0.1, 0.15) is 54.7 Å². The maximum Gasteiger partial charge on any atom is 0.251 e. The number of carbonyl (C=O) groups excluding carboxylic acids is 2. The van der Waals surface area contributed by atoms with Gasteiger partial charge in [0, 0.05) is 55.9 Å². The van der Waals surface area contributed by atoms with Gasteiger partial charge in [0.2, 0.25) is 5.91 Å². The summed E-state index contributed by atoms with van der Waals surface area (Å²) in [6.07, 6.45) is 4.17. The number of nitrogens with one attached hydrogen (secondary N) is 1. The number of hydrogen-bond donors (Lipinski definition) is 1. The quantitative estimate of drug-likeness (QED) is 0.812. The lowest BCUT2D eigenvalue weighted by Crippen LogP contribution is -2.44. The minimum atomic E-state index is -0.312. The Morgan fingerprint density at radius 1 is 1.28 bits per heavy atom. The standard InChI is InChI=1S/C22H30N4O3/c1-22(2,3)26-19(27)10-17(20(26)18-12-24-25(4)13-18)11-23-21(28)16-8-6-15(7-9-16)14-29-5/h6-9,12-13,17,20H,10-11,14H2,1-5H3,(H,23,28)/t17-,20+/m0/s1. The van der Waals surface area contributed by atoms with Crippen LogP contribution in [-0.2, 0) is 23.2 Å². The summed E-state index contributed by atoms with van der Waals surface area (Å²) >= 11 is 0. The summed E-state index contributed by atoms with van der Waals surface area (Å²) in [7, 11) is 3.51. The molecule has 2 atom stereocenters. The van der Waals surface area contributed by atoms with Gasteiger partial charge in [-0.05, 0) is 38.5 Å². The molecule has 1 N–H and O–H groups in total. The summed E-state index contributed by atoms with van der Waals surface area (Å²) in [6.45, 7) is 7.06. The van der Waals surface area contributed by atoms with Crippen LogP contribution in [0.15, 0.2) is 36.7 Å². The maximum absolute atomic E-state index is 12.8. The SMILES string of the molecule is COCc1ccc(C(=O)NC[C@@H]2CC(=O)N(C(C)(C)C)[C@H]2c2cnn(C)c2)cc1. The third-order valence-corrected chi connectivity index (χ3v) is 5.27. The fraction of sp³-hybridized carbons (Fsp3) is 0.500. The van der Waals surface area contributed by atoms with Crippen LogP contribution in [0.25, 0.3) is 0 Å². The second-order valence-electron chi connectivity index (χ2n) is 8.63. The van der Waals surface area contributed by atoms with Crippen LogP contribution in [0.3, 0.4) is 0 Å². The molecule has 1 aliphatic rings. The molecule has 3 rings (SSSR count). The van der Waals surface area contributed by atoms with E-state index in [4.69, 9.17) is 4.74 Å². The molecule has 2 heterocycles. The number of aryl methyl sites for hydroxylation is 1. The Hall–Kier alpha value is -2.67. The molecule has 1 saturated heterocycles. The first-order valence-electron chi connectivity index (χ1n) is 9.87. The van der Waals surface area contributed by atoms with Crippen molar-refractivity contribution in [1.29, 1.82) is 0 Å². The molecule has 1 fully saturated rings. The van der Waals surface area contributed by atoms with E-state index in [2.05, 4.69) is 10.4 Å². The lowest BCUT2D eigenvalue weighted by Gasteiger charge is -2.38. The first kappa shape index (κ1) is 21.0. The zero-order chi connectivity index (χ0) is 21.2. The Labute approximate surface area is 172 Å². The molecule has 29 heavy (non-hydrogen) atoms. The zero-order valence-corrected chi connectivity index (χ0v) is 17.8. The number of hydrogen-bond acceptors (Lipinski definition) is 4. The predicted molar refractivity (Wildman–Crippen MR) is 110 cm³/mol. The van der Waals surface area contributed by atoms with Gasteiger partial charge in [0.05, 0.1) is 18.8 Å². The summed E-state index contributed by atoms with van der Waals surface area (Å²) in [5, 5.41) is 7.30. The smallest absolute Gasteiger partial charge is 0.251 e. The molecule has 2 amide bonds. The molecule has 7 nitrogen and oxygen atoms in total. The molecule has 0 spiro atoms. The van der Waals surface area contributed by atoms with E-state index in [1.54, 1.807) is 23.9 Å². The van der Waals surface area contributed by atoms with E-state index in [0.717, 1.165) is 11.1 Å². The molecule has 0 saturated carbocycles. The van der Waals surface area contributed by atoms with Gasteiger partial charge in [-0.1, -0.05) is 12.1 Å². The number of benzene rings is 1. The third-order valence-electron chi connectivity index (χ3n) is 5.27. The largest absolute Gasteiger partial charge is 0.380 e. The molecule has 0 radical (unpaired) electrons. The minimum Gasteiger partial charge on any atom is -0.380 e. The number of methoxy groups -OCH3 is 1. The van der Waals surface area contributed by atoms with Crippen molar-refractivity contribution in [3.05, 3.63) is 53.3 Å². The Morgan fingerprint density at radius 2 is 1.97 bits per heavy atom. The number of nitrogens with zero attached hydrogens (tertiary/aromatic N) is 3. The second-order valence-corrected chi connectivity index (χ2v) is 8.63. The average molecular weight is 399 g/mol. The first-order valence-corrected chi connectivity index (χ1v) is 9.87. The van der Waals surface area contributed by atoms with Gasteiger partial charge in [0.25, 0.3) is 5.91 Å². The number of ether oxygens (including phenoxy) is 1. The van der Waals surface area contributed by atoms with Crippen LogP contribution < -0.4 is 5.32 Å². The Kier molecular flexibility index (Phi) is 6.07. The van der Waals surface area contributed by atoms with Gasteiger partial charge in [-0.3, -0.25) is 14.3 Å². The molecule has 0 aliphatic carbocycles. The van der Waals surface area contributed by atoms with Gasteiger partial charge < -0.3 is 15.0 Å². The van der Waals surface area contributed by atoms with Gasteiger partial charge >= 0.3 is 0 Å². The summed E-state index contributed by atoms with van der Waals surface area (Å²) in [5.74, 6) is -0.0438. The Morgan fingerprint density at radius 3 is 2.52 bits per heavy atom. The molecular weight excluding hydrogens is 368 g/mol. The summed E-state index contributed by atoms with van der Waals surface area (Å²) in [6, 6.07) is 7.25. The van der Waals surface area contributed by atoms with Crippen molar-refractivity contribution in [2.45, 2.75) is 45.4 Å². The summed E-state index contributed by atoms with van der Waals surface area (Å²) in [5.41, 5.74) is 2.30. The molecule has 1 aromatic heterocycles. The van der Waals surface area contributed by atoms with Crippen LogP contribution >= 0.6 is 0 Å². The molecule has 1 aromatic carbocycles. The van der Waals surface area contributed by atoms with Gasteiger partial charge in [-0.15, -0.1) is 0 Å². The third kappa shape index (κ3) is 4.67. The number of carbonyl (C=O) groups is 2. The van der Waals surface area contributed by atoms with Crippen LogP contribution in [0.5, 0.6) is 0 Å². The van der Waals surface area contributed by atoms with E-state index >= 15 is 0 Å². The maximum atomic E-state index is 12.8. The van der Waals surface area contributed by atoms with Crippen molar-refractivity contribution in [2.75, 3.05) is 13.7 Å². The number of amides is 2. The molecule has 0 unspecified atom stereocenters. The van der Waals surface area contributed by atoms with E-state index in [0.29, 0.717) is 25.1 Å². The van der Waals surface area contributed by atoms with E-state index in [1.807, 2.05) is 57.2 Å². The van der Waals surface area contributed by atoms with E-state index in [-0.39, 0.29) is 29.3 Å². The highest BCUT2D eigenvalue weighted by molar-refractivity contribution is 5.94. The van der Waals surface area contributed by atoms with Crippen LogP contribution in [0.4, 0.5) is 0 Å². The minimum absolute atomic E-state index is 0.0114. The highest BCUT2D eigenvalue weighted by Crippen LogP contribution is 2.42. The molecular formula is C22H30N4O3. The fourth-order valence-corrected chi connectivity index (χ4v) is 4.03. The summed E-state index contributed by atoms with van der Waals surface area (Å²) < 4.78 is 6.85. The van der Waals surface area contributed by atoms with Crippen molar-refractivity contribution in [3.8, 4) is 0 Å². The monoisotopic (exact) mass is 398 g/mol. The van der Waals surface area contributed by atoms with Gasteiger partial charge in [0.1, 0.15) is 0 Å². The van der Waals surface area contributed by atoms with E-state index in [9.17, 15) is 9.59 Å². The highest BCUT2D eigenvalue weighted by atomic mass is 16.5. The number of aromatic nitrogens is 2. The first-order chi connectivity index (χ1) is 13.7. The van der Waals surface area contributed by atoms with Crippen molar-refractivity contribution in [2.24, 2.45) is 13.0 Å². The van der Waals surface area contributed by atoms with E-state index in [1.165, 1.54) is 0 Å². The van der Waals surface area contributed by atoms with Crippen LogP contribution in [-0.4, -0.2) is 45.7 Å². The lowest BCUT2D eigenvalue weighted by atomic mass is 9.93. The van der Waals surface area contributed by atoms with Gasteiger partial charge in [0.15, 0.2) is 0 Å². The zero-order valence-electron chi connectivity index (χ0n) is 17.8. The predicted octanol–water partition coefficient (Wildman–Crippen LogP) is 2.68. The normalized spacial score (nSPS) is 19.6. The second kappa shape index (κ2) is 8.37. The molecule has 156 valence electrons. The molecule has 1 aliphatic heterocycles.